The number of nitrogens with one attached hydrogen (secondary N) is 1. The van der Waals surface area contributed by atoms with Crippen LogP contribution >= 0.6 is 0 Å². The summed E-state index contributed by atoms with van der Waals surface area (Å²) < 4.78 is 25.4. The molecule has 0 spiro atoms. The lowest BCUT2D eigenvalue weighted by molar-refractivity contribution is -0.145. The Morgan fingerprint density at radius 1 is 1.19 bits per heavy atom. The number of cyclic esters (lactones) is 1. The summed E-state index contributed by atoms with van der Waals surface area (Å²) in [5, 5.41) is 2.57. The van der Waals surface area contributed by atoms with E-state index in [9.17, 15) is 14.4 Å². The van der Waals surface area contributed by atoms with Crippen LogP contribution in [0.25, 0.3) is 0 Å². The smallest absolute Gasteiger partial charge is 0.347 e. The van der Waals surface area contributed by atoms with Crippen LogP contribution in [0.4, 0.5) is 5.69 Å². The van der Waals surface area contributed by atoms with E-state index in [2.05, 4.69) is 5.32 Å². The normalized spacial score (nSPS) is 15.8. The summed E-state index contributed by atoms with van der Waals surface area (Å²) in [6.07, 6.45) is 0.635. The van der Waals surface area contributed by atoms with E-state index >= 15 is 0 Å². The van der Waals surface area contributed by atoms with Crippen molar-refractivity contribution in [3.8, 4) is 11.5 Å². The minimum atomic E-state index is -0.987. The third kappa shape index (κ3) is 3.86. The van der Waals surface area contributed by atoms with Crippen LogP contribution in [-0.4, -0.2) is 44.8 Å². The van der Waals surface area contributed by atoms with E-state index in [-0.39, 0.29) is 35.8 Å². The van der Waals surface area contributed by atoms with Gasteiger partial charge in [0.05, 0.1) is 38.3 Å². The summed E-state index contributed by atoms with van der Waals surface area (Å²) in [4.78, 5) is 36.5. The van der Waals surface area contributed by atoms with E-state index in [1.54, 1.807) is 6.07 Å². The third-order valence-electron chi connectivity index (χ3n) is 3.87. The molecule has 27 heavy (non-hydrogen) atoms. The van der Waals surface area contributed by atoms with Gasteiger partial charge < -0.3 is 28.7 Å². The van der Waals surface area contributed by atoms with Crippen molar-refractivity contribution in [3.63, 3.8) is 0 Å². The van der Waals surface area contributed by atoms with Crippen LogP contribution in [0.3, 0.4) is 0 Å². The average molecular weight is 375 g/mol. The fourth-order valence-corrected chi connectivity index (χ4v) is 2.52. The van der Waals surface area contributed by atoms with Gasteiger partial charge in [-0.15, -0.1) is 0 Å². The van der Waals surface area contributed by atoms with Crippen molar-refractivity contribution in [2.24, 2.45) is 0 Å². The Kier molecular flexibility index (Phi) is 5.30. The zero-order valence-electron chi connectivity index (χ0n) is 14.6. The van der Waals surface area contributed by atoms with Crippen LogP contribution in [0.15, 0.2) is 34.9 Å². The molecule has 9 heteroatoms. The second kappa shape index (κ2) is 7.81. The Morgan fingerprint density at radius 3 is 2.52 bits per heavy atom. The topological polar surface area (TPSA) is 113 Å². The highest BCUT2D eigenvalue weighted by Gasteiger charge is 2.32. The number of hydrogen-bond donors (Lipinski definition) is 1. The molecule has 1 aromatic heterocycles. The number of anilines is 1. The van der Waals surface area contributed by atoms with Gasteiger partial charge in [0, 0.05) is 18.6 Å². The fraction of sp³-hybridized carbons (Fsp3) is 0.278. The quantitative estimate of drug-likeness (QED) is 0.763. The largest absolute Gasteiger partial charge is 0.493 e. The molecule has 2 heterocycles. The average Bonchev–Trinajstić information content (AvgIpc) is 3.33. The second-order valence-electron chi connectivity index (χ2n) is 5.53. The molecule has 1 aliphatic rings. The number of furan rings is 1. The number of esters is 2. The predicted octanol–water partition coefficient (Wildman–Crippen LogP) is 2.02. The number of amides is 1. The van der Waals surface area contributed by atoms with Crippen LogP contribution in [0, 0.1) is 0 Å². The lowest BCUT2D eigenvalue weighted by atomic mass is 10.1. The first-order chi connectivity index (χ1) is 13.0. The fourth-order valence-electron chi connectivity index (χ4n) is 2.52. The molecule has 1 saturated heterocycles. The monoisotopic (exact) mass is 375 g/mol. The van der Waals surface area contributed by atoms with Gasteiger partial charge in [0.2, 0.25) is 6.10 Å². The molecule has 1 fully saturated rings. The molecule has 3 rings (SSSR count). The van der Waals surface area contributed by atoms with Crippen LogP contribution in [0.1, 0.15) is 27.3 Å². The Balaban J connectivity index is 1.92. The molecule has 9 nitrogen and oxygen atoms in total. The van der Waals surface area contributed by atoms with Crippen LogP contribution in [0.2, 0.25) is 0 Å². The minimum Gasteiger partial charge on any atom is -0.493 e. The highest BCUT2D eigenvalue weighted by Crippen LogP contribution is 2.34. The third-order valence-corrected chi connectivity index (χ3v) is 3.87. The van der Waals surface area contributed by atoms with Gasteiger partial charge in [0.15, 0.2) is 17.3 Å². The number of rotatable bonds is 6. The number of methoxy groups -OCH3 is 2. The van der Waals surface area contributed by atoms with E-state index in [4.69, 9.17) is 23.4 Å². The van der Waals surface area contributed by atoms with Gasteiger partial charge in [-0.05, 0) is 12.1 Å². The summed E-state index contributed by atoms with van der Waals surface area (Å²) in [6.45, 7) is 0.185. The van der Waals surface area contributed by atoms with E-state index in [0.717, 1.165) is 0 Å². The van der Waals surface area contributed by atoms with Crippen LogP contribution in [-0.2, 0) is 14.3 Å². The highest BCUT2D eigenvalue weighted by molar-refractivity contribution is 6.07. The molecule has 142 valence electrons. The van der Waals surface area contributed by atoms with Gasteiger partial charge in [-0.2, -0.15) is 0 Å². The molecule has 1 amide bonds. The first kappa shape index (κ1) is 18.3. The highest BCUT2D eigenvalue weighted by atomic mass is 16.6. The lowest BCUT2D eigenvalue weighted by Crippen LogP contribution is -2.24. The summed E-state index contributed by atoms with van der Waals surface area (Å²) in [5.41, 5.74) is 0.109. The number of carbonyl (C=O) groups is 3. The van der Waals surface area contributed by atoms with Crippen molar-refractivity contribution in [1.29, 1.82) is 0 Å². The summed E-state index contributed by atoms with van der Waals surface area (Å²) >= 11 is 0. The van der Waals surface area contributed by atoms with E-state index in [0.29, 0.717) is 5.75 Å². The van der Waals surface area contributed by atoms with Crippen molar-refractivity contribution in [2.45, 2.75) is 12.5 Å². The Hall–Kier alpha value is -3.49. The predicted molar refractivity (Wildman–Crippen MR) is 91.0 cm³/mol. The Morgan fingerprint density at radius 2 is 1.93 bits per heavy atom. The molecule has 0 saturated carbocycles. The zero-order valence-corrected chi connectivity index (χ0v) is 14.6. The first-order valence-electron chi connectivity index (χ1n) is 8.02. The lowest BCUT2D eigenvalue weighted by Gasteiger charge is -2.16. The minimum absolute atomic E-state index is 0.00717. The summed E-state index contributed by atoms with van der Waals surface area (Å²) in [7, 11) is 2.82. The van der Waals surface area contributed by atoms with Crippen LogP contribution < -0.4 is 14.8 Å². The van der Waals surface area contributed by atoms with Gasteiger partial charge >= 0.3 is 11.9 Å². The van der Waals surface area contributed by atoms with Crippen molar-refractivity contribution < 1.29 is 37.7 Å². The Labute approximate surface area is 154 Å². The molecule has 0 radical (unpaired) electrons. The van der Waals surface area contributed by atoms with Crippen molar-refractivity contribution in [3.05, 3.63) is 41.9 Å². The van der Waals surface area contributed by atoms with Crippen molar-refractivity contribution in [2.75, 3.05) is 26.1 Å². The molecule has 1 unspecified atom stereocenters. The number of benzene rings is 1. The maximum atomic E-state index is 12.6. The van der Waals surface area contributed by atoms with Gasteiger partial charge in [-0.1, -0.05) is 0 Å². The Bertz CT molecular complexity index is 858. The molecule has 1 aliphatic heterocycles. The van der Waals surface area contributed by atoms with Gasteiger partial charge in [-0.3, -0.25) is 4.79 Å². The van der Waals surface area contributed by atoms with E-state index in [1.165, 1.54) is 38.7 Å². The molecular weight excluding hydrogens is 358 g/mol. The SMILES string of the molecule is COc1cc(NC(=O)c2ccco2)c(C(=O)OC2CCOC2=O)cc1OC. The molecule has 0 aliphatic carbocycles. The molecule has 1 aromatic carbocycles. The van der Waals surface area contributed by atoms with Gasteiger partial charge in [0.1, 0.15) is 0 Å². The first-order valence-corrected chi connectivity index (χ1v) is 8.02. The maximum Gasteiger partial charge on any atom is 0.347 e. The van der Waals surface area contributed by atoms with E-state index in [1.807, 2.05) is 0 Å². The van der Waals surface area contributed by atoms with Crippen molar-refractivity contribution >= 4 is 23.5 Å². The van der Waals surface area contributed by atoms with Crippen LogP contribution in [0.5, 0.6) is 11.5 Å². The molecule has 1 atom stereocenters. The number of ether oxygens (including phenoxy) is 4. The standard InChI is InChI=1S/C18H17NO8/c1-23-14-8-10(17(21)27-13-5-7-26-18(13)22)11(9-15(14)24-2)19-16(20)12-4-3-6-25-12/h3-4,6,8-9,13H,5,7H2,1-2H3,(H,19,20). The zero-order chi connectivity index (χ0) is 19.4. The summed E-state index contributed by atoms with van der Waals surface area (Å²) in [6, 6.07) is 5.81. The van der Waals surface area contributed by atoms with Gasteiger partial charge in [0.25, 0.3) is 5.91 Å². The number of carbonyl (C=O) groups excluding carboxylic acids is 3. The maximum absolute atomic E-state index is 12.6. The number of hydrogen-bond acceptors (Lipinski definition) is 8. The molecule has 1 N–H and O–H groups in total. The molecule has 0 bridgehead atoms. The van der Waals surface area contributed by atoms with Gasteiger partial charge in [-0.25, -0.2) is 9.59 Å². The van der Waals surface area contributed by atoms with Crippen molar-refractivity contribution in [1.82, 2.24) is 0 Å². The molecular formula is C18H17NO8. The molecule has 2 aromatic rings. The van der Waals surface area contributed by atoms with E-state index < -0.39 is 23.9 Å². The summed E-state index contributed by atoms with van der Waals surface area (Å²) in [5.74, 6) is -1.37. The second-order valence-corrected chi connectivity index (χ2v) is 5.53.